The highest BCUT2D eigenvalue weighted by Gasteiger charge is 2.65. The Morgan fingerprint density at radius 1 is 1.47 bits per heavy atom. The van der Waals surface area contributed by atoms with Gasteiger partial charge in [-0.15, -0.1) is 0 Å². The number of rotatable bonds is 7. The molecule has 2 atom stereocenters. The molecular formula is C9H14F2NO4P. The van der Waals surface area contributed by atoms with Crippen LogP contribution in [0.15, 0.2) is 0 Å². The molecule has 0 spiro atoms. The smallest absolute Gasteiger partial charge is 0.287 e. The normalized spacial score (nSPS) is 28.1. The highest BCUT2D eigenvalue weighted by Crippen LogP contribution is 2.62. The summed E-state index contributed by atoms with van der Waals surface area (Å²) in [4.78, 5) is 0. The highest BCUT2D eigenvalue weighted by molar-refractivity contribution is 7.48. The lowest BCUT2D eigenvalue weighted by atomic mass is 10.3. The molecular weight excluding hydrogens is 255 g/mol. The maximum atomic E-state index is 12.4. The summed E-state index contributed by atoms with van der Waals surface area (Å²) in [6.07, 6.45) is -2.85. The fourth-order valence-electron chi connectivity index (χ4n) is 1.42. The lowest BCUT2D eigenvalue weighted by Gasteiger charge is -2.19. The van der Waals surface area contributed by atoms with Gasteiger partial charge in [0.2, 0.25) is 6.43 Å². The zero-order chi connectivity index (χ0) is 13.1. The molecule has 1 aliphatic rings. The molecule has 1 saturated carbocycles. The van der Waals surface area contributed by atoms with Crippen LogP contribution < -0.4 is 0 Å². The van der Waals surface area contributed by atoms with Crippen molar-refractivity contribution in [2.24, 2.45) is 5.92 Å². The summed E-state index contributed by atoms with van der Waals surface area (Å²) in [6, 6.07) is 1.62. The van der Waals surface area contributed by atoms with Gasteiger partial charge in [-0.3, -0.25) is 13.6 Å². The second-order valence-electron chi connectivity index (χ2n) is 3.52. The van der Waals surface area contributed by atoms with Gasteiger partial charge < -0.3 is 0 Å². The summed E-state index contributed by atoms with van der Waals surface area (Å²) in [5.74, 6) is -1.23. The van der Waals surface area contributed by atoms with Crippen LogP contribution >= 0.6 is 7.82 Å². The predicted molar refractivity (Wildman–Crippen MR) is 54.4 cm³/mol. The summed E-state index contributed by atoms with van der Waals surface area (Å²) in [5, 5.41) is 8.84. The quantitative estimate of drug-likeness (QED) is 0.665. The largest absolute Gasteiger partial charge is 0.476 e. The average molecular weight is 269 g/mol. The van der Waals surface area contributed by atoms with E-state index < -0.39 is 25.8 Å². The Bertz CT molecular complexity index is 349. The van der Waals surface area contributed by atoms with E-state index in [2.05, 4.69) is 0 Å². The lowest BCUT2D eigenvalue weighted by molar-refractivity contribution is 0.0538. The molecule has 0 aliphatic heterocycles. The van der Waals surface area contributed by atoms with Crippen molar-refractivity contribution in [2.75, 3.05) is 13.2 Å². The van der Waals surface area contributed by atoms with Gasteiger partial charge in [0.1, 0.15) is 0 Å². The number of alkyl halides is 2. The SMILES string of the molecule is CCOP(=O)(OCC)OC1(C#N)CC1C(F)F. The van der Waals surface area contributed by atoms with Gasteiger partial charge in [0.25, 0.3) is 0 Å². The van der Waals surface area contributed by atoms with Gasteiger partial charge in [0, 0.05) is 6.42 Å². The first-order valence-electron chi connectivity index (χ1n) is 5.22. The van der Waals surface area contributed by atoms with Gasteiger partial charge in [-0.2, -0.15) is 5.26 Å². The molecule has 0 amide bonds. The minimum absolute atomic E-state index is 0.0398. The molecule has 0 aromatic rings. The molecule has 1 rings (SSSR count). The molecule has 8 heteroatoms. The van der Waals surface area contributed by atoms with Crippen molar-refractivity contribution < 1.29 is 26.9 Å². The molecule has 17 heavy (non-hydrogen) atoms. The first kappa shape index (κ1) is 14.5. The number of nitrogens with zero attached hydrogens (tertiary/aromatic N) is 1. The van der Waals surface area contributed by atoms with Crippen molar-refractivity contribution in [2.45, 2.75) is 32.3 Å². The molecule has 0 heterocycles. The first-order chi connectivity index (χ1) is 7.93. The Balaban J connectivity index is 2.74. The molecule has 0 aromatic carbocycles. The van der Waals surface area contributed by atoms with Crippen LogP contribution in [0.4, 0.5) is 8.78 Å². The van der Waals surface area contributed by atoms with E-state index in [0.717, 1.165) is 0 Å². The van der Waals surface area contributed by atoms with Crippen LogP contribution in [0.1, 0.15) is 20.3 Å². The Hall–Kier alpha value is -0.540. The summed E-state index contributed by atoms with van der Waals surface area (Å²) >= 11 is 0. The van der Waals surface area contributed by atoms with E-state index in [-0.39, 0.29) is 19.6 Å². The van der Waals surface area contributed by atoms with E-state index in [4.69, 9.17) is 18.8 Å². The number of phosphoric ester groups is 1. The van der Waals surface area contributed by atoms with Crippen LogP contribution in [0.25, 0.3) is 0 Å². The second kappa shape index (κ2) is 5.40. The molecule has 1 aliphatic carbocycles. The molecule has 0 radical (unpaired) electrons. The molecule has 0 bridgehead atoms. The summed E-state index contributed by atoms with van der Waals surface area (Å²) in [7, 11) is -3.93. The molecule has 0 saturated heterocycles. The Kier molecular flexibility index (Phi) is 4.62. The Morgan fingerprint density at radius 3 is 2.29 bits per heavy atom. The van der Waals surface area contributed by atoms with E-state index in [1.807, 2.05) is 0 Å². The zero-order valence-corrected chi connectivity index (χ0v) is 10.5. The molecule has 5 nitrogen and oxygen atoms in total. The van der Waals surface area contributed by atoms with Crippen molar-refractivity contribution in [1.29, 1.82) is 5.26 Å². The van der Waals surface area contributed by atoms with E-state index in [9.17, 15) is 13.3 Å². The van der Waals surface area contributed by atoms with Gasteiger partial charge in [0.05, 0.1) is 25.2 Å². The average Bonchev–Trinajstić information content (AvgIpc) is 2.93. The van der Waals surface area contributed by atoms with Gasteiger partial charge in [-0.1, -0.05) is 0 Å². The van der Waals surface area contributed by atoms with Crippen LogP contribution in [0.3, 0.4) is 0 Å². The van der Waals surface area contributed by atoms with E-state index in [0.29, 0.717) is 0 Å². The van der Waals surface area contributed by atoms with Crippen molar-refractivity contribution >= 4 is 7.82 Å². The maximum Gasteiger partial charge on any atom is 0.476 e. The van der Waals surface area contributed by atoms with Crippen LogP contribution in [-0.4, -0.2) is 25.2 Å². The molecule has 1 fully saturated rings. The van der Waals surface area contributed by atoms with E-state index in [1.165, 1.54) is 0 Å². The number of hydrogen-bond donors (Lipinski definition) is 0. The van der Waals surface area contributed by atoms with Gasteiger partial charge in [-0.05, 0) is 13.8 Å². The van der Waals surface area contributed by atoms with E-state index in [1.54, 1.807) is 19.9 Å². The second-order valence-corrected chi connectivity index (χ2v) is 5.11. The Labute approximate surface area is 98.3 Å². The summed E-state index contributed by atoms with van der Waals surface area (Å²) < 4.78 is 51.3. The molecule has 0 N–H and O–H groups in total. The standard InChI is InChI=1S/C9H14F2NO4P/c1-3-14-17(13,15-4-2)16-9(6-12)5-7(9)8(10)11/h7-8H,3-5H2,1-2H3. The van der Waals surface area contributed by atoms with Gasteiger partial charge in [-0.25, -0.2) is 13.3 Å². The topological polar surface area (TPSA) is 68.6 Å². The van der Waals surface area contributed by atoms with Crippen LogP contribution in [0, 0.1) is 17.2 Å². The zero-order valence-electron chi connectivity index (χ0n) is 9.56. The number of phosphoric acid groups is 1. The molecule has 0 aromatic heterocycles. The third-order valence-electron chi connectivity index (χ3n) is 2.30. The van der Waals surface area contributed by atoms with Gasteiger partial charge in [0.15, 0.2) is 5.60 Å². The van der Waals surface area contributed by atoms with Crippen LogP contribution in [0.2, 0.25) is 0 Å². The van der Waals surface area contributed by atoms with Crippen molar-refractivity contribution in [3.05, 3.63) is 0 Å². The fraction of sp³-hybridized carbons (Fsp3) is 0.889. The van der Waals surface area contributed by atoms with Crippen molar-refractivity contribution in [3.63, 3.8) is 0 Å². The maximum absolute atomic E-state index is 12.4. The summed E-state index contributed by atoms with van der Waals surface area (Å²) in [5.41, 5.74) is -1.74. The monoisotopic (exact) mass is 269 g/mol. The summed E-state index contributed by atoms with van der Waals surface area (Å²) in [6.45, 7) is 3.20. The number of halogens is 2. The molecule has 98 valence electrons. The fourth-order valence-corrected chi connectivity index (χ4v) is 2.88. The lowest BCUT2D eigenvalue weighted by Crippen LogP contribution is -2.18. The third kappa shape index (κ3) is 3.23. The highest BCUT2D eigenvalue weighted by atomic mass is 31.2. The van der Waals surface area contributed by atoms with Crippen molar-refractivity contribution in [3.8, 4) is 6.07 Å². The first-order valence-corrected chi connectivity index (χ1v) is 6.68. The van der Waals surface area contributed by atoms with E-state index >= 15 is 0 Å². The predicted octanol–water partition coefficient (Wildman–Crippen LogP) is 2.73. The Morgan fingerprint density at radius 2 is 2.00 bits per heavy atom. The third-order valence-corrected chi connectivity index (χ3v) is 4.00. The van der Waals surface area contributed by atoms with Crippen LogP contribution in [0.5, 0.6) is 0 Å². The number of nitriles is 1. The molecule has 2 unspecified atom stereocenters. The minimum atomic E-state index is -3.93. The number of hydrogen-bond acceptors (Lipinski definition) is 5. The minimum Gasteiger partial charge on any atom is -0.287 e. The van der Waals surface area contributed by atoms with Gasteiger partial charge >= 0.3 is 7.82 Å². The van der Waals surface area contributed by atoms with Crippen molar-refractivity contribution in [1.82, 2.24) is 0 Å². The van der Waals surface area contributed by atoms with Crippen LogP contribution in [-0.2, 0) is 18.1 Å².